The maximum absolute atomic E-state index is 12.7. The van der Waals surface area contributed by atoms with Crippen LogP contribution in [0, 0.1) is 0 Å². The molecule has 0 unspecified atom stereocenters. The Hall–Kier alpha value is -2.25. The van der Waals surface area contributed by atoms with E-state index in [4.69, 9.17) is 16.3 Å². The molecule has 0 saturated carbocycles. The lowest BCUT2D eigenvalue weighted by atomic mass is 10.1. The molecule has 0 aliphatic rings. The van der Waals surface area contributed by atoms with E-state index >= 15 is 0 Å². The van der Waals surface area contributed by atoms with Crippen molar-refractivity contribution in [3.8, 4) is 5.75 Å². The molecule has 0 spiro atoms. The molecule has 0 radical (unpaired) electrons. The zero-order chi connectivity index (χ0) is 20.2. The van der Waals surface area contributed by atoms with Gasteiger partial charge in [-0.05, 0) is 49.2 Å². The molecule has 27 heavy (non-hydrogen) atoms. The van der Waals surface area contributed by atoms with Crippen molar-refractivity contribution >= 4 is 38.9 Å². The third-order valence-electron chi connectivity index (χ3n) is 4.11. The molecule has 2 rings (SSSR count). The Morgan fingerprint density at radius 2 is 1.85 bits per heavy atom. The van der Waals surface area contributed by atoms with E-state index in [9.17, 15) is 13.2 Å². The van der Waals surface area contributed by atoms with Gasteiger partial charge in [-0.2, -0.15) is 0 Å². The zero-order valence-electron chi connectivity index (χ0n) is 15.7. The molecular formula is C19H23ClN2O4S. The number of anilines is 2. The number of carbonyl (C=O) groups excluding carboxylic acids is 1. The molecule has 0 heterocycles. The van der Waals surface area contributed by atoms with Crippen molar-refractivity contribution in [3.05, 3.63) is 53.1 Å². The van der Waals surface area contributed by atoms with Crippen LogP contribution in [-0.4, -0.2) is 33.7 Å². The van der Waals surface area contributed by atoms with Crippen molar-refractivity contribution in [1.82, 2.24) is 0 Å². The number of amides is 1. The Balaban J connectivity index is 2.27. The highest BCUT2D eigenvalue weighted by Gasteiger charge is 2.29. The third-order valence-corrected chi connectivity index (χ3v) is 5.64. The van der Waals surface area contributed by atoms with Crippen molar-refractivity contribution in [2.45, 2.75) is 26.3 Å². The van der Waals surface area contributed by atoms with Crippen LogP contribution in [0.3, 0.4) is 0 Å². The first-order valence-electron chi connectivity index (χ1n) is 8.40. The fraction of sp³-hybridized carbons (Fsp3) is 0.316. The van der Waals surface area contributed by atoms with Crippen LogP contribution < -0.4 is 14.4 Å². The second-order valence-electron chi connectivity index (χ2n) is 6.09. The number of halogens is 1. The molecule has 0 bridgehead atoms. The molecule has 2 aromatic carbocycles. The lowest BCUT2D eigenvalue weighted by Gasteiger charge is -2.28. The molecule has 1 amide bonds. The van der Waals surface area contributed by atoms with E-state index in [-0.39, 0.29) is 0 Å². The molecule has 146 valence electrons. The van der Waals surface area contributed by atoms with Crippen LogP contribution in [0.15, 0.2) is 42.5 Å². The number of hydrogen-bond acceptors (Lipinski definition) is 4. The van der Waals surface area contributed by atoms with E-state index in [1.165, 1.54) is 14.0 Å². The maximum Gasteiger partial charge on any atom is 0.247 e. The largest absolute Gasteiger partial charge is 0.495 e. The summed E-state index contributed by atoms with van der Waals surface area (Å²) in [6, 6.07) is 11.0. The van der Waals surface area contributed by atoms with Gasteiger partial charge in [-0.25, -0.2) is 8.42 Å². The van der Waals surface area contributed by atoms with E-state index < -0.39 is 22.0 Å². The first-order valence-corrected chi connectivity index (χ1v) is 10.6. The molecule has 0 aliphatic carbocycles. The van der Waals surface area contributed by atoms with E-state index in [0.717, 1.165) is 22.5 Å². The number of carbonyl (C=O) groups is 1. The van der Waals surface area contributed by atoms with Gasteiger partial charge in [-0.15, -0.1) is 0 Å². The number of sulfonamides is 1. The van der Waals surface area contributed by atoms with E-state index in [0.29, 0.717) is 22.1 Å². The quantitative estimate of drug-likeness (QED) is 0.755. The minimum absolute atomic E-state index is 0.345. The second-order valence-corrected chi connectivity index (χ2v) is 8.36. The summed E-state index contributed by atoms with van der Waals surface area (Å²) >= 11 is 6.07. The number of aryl methyl sites for hydroxylation is 1. The number of rotatable bonds is 7. The van der Waals surface area contributed by atoms with Crippen molar-refractivity contribution in [1.29, 1.82) is 0 Å². The first-order chi connectivity index (χ1) is 12.7. The minimum atomic E-state index is -3.67. The van der Waals surface area contributed by atoms with Gasteiger partial charge < -0.3 is 10.1 Å². The fourth-order valence-electron chi connectivity index (χ4n) is 2.68. The summed E-state index contributed by atoms with van der Waals surface area (Å²) in [5, 5.41) is 3.04. The van der Waals surface area contributed by atoms with Gasteiger partial charge in [0.1, 0.15) is 11.8 Å². The molecule has 6 nitrogen and oxygen atoms in total. The SMILES string of the molecule is CCc1ccc(N([C@H](C)C(=O)Nc2ccc(OC)c(Cl)c2)S(C)(=O)=O)cc1. The van der Waals surface area contributed by atoms with Crippen LogP contribution in [0.4, 0.5) is 11.4 Å². The van der Waals surface area contributed by atoms with E-state index in [1.807, 2.05) is 19.1 Å². The molecule has 1 N–H and O–H groups in total. The van der Waals surface area contributed by atoms with Crippen LogP contribution in [0.2, 0.25) is 5.02 Å². The minimum Gasteiger partial charge on any atom is -0.495 e. The predicted molar refractivity (Wildman–Crippen MR) is 109 cm³/mol. The molecular weight excluding hydrogens is 388 g/mol. The molecule has 0 aromatic heterocycles. The Labute approximate surface area is 165 Å². The van der Waals surface area contributed by atoms with Gasteiger partial charge in [-0.1, -0.05) is 30.7 Å². The standard InChI is InChI=1S/C19H23ClN2O4S/c1-5-14-6-9-16(10-7-14)22(27(4,24)25)13(2)19(23)21-15-8-11-18(26-3)17(20)12-15/h6-13H,5H2,1-4H3,(H,21,23)/t13-/m1/s1. The zero-order valence-corrected chi connectivity index (χ0v) is 17.3. The number of methoxy groups -OCH3 is 1. The number of nitrogens with zero attached hydrogens (tertiary/aromatic N) is 1. The van der Waals surface area contributed by atoms with Crippen LogP contribution in [0.25, 0.3) is 0 Å². The normalized spacial score (nSPS) is 12.3. The average molecular weight is 411 g/mol. The van der Waals surface area contributed by atoms with Crippen molar-refractivity contribution in [2.75, 3.05) is 23.0 Å². The van der Waals surface area contributed by atoms with Gasteiger partial charge in [0.05, 0.1) is 24.1 Å². The number of benzene rings is 2. The van der Waals surface area contributed by atoms with Crippen molar-refractivity contribution in [3.63, 3.8) is 0 Å². The van der Waals surface area contributed by atoms with E-state index in [2.05, 4.69) is 5.32 Å². The van der Waals surface area contributed by atoms with Gasteiger partial charge >= 0.3 is 0 Å². The Morgan fingerprint density at radius 1 is 1.22 bits per heavy atom. The molecule has 1 atom stereocenters. The topological polar surface area (TPSA) is 75.7 Å². The van der Waals surface area contributed by atoms with Crippen molar-refractivity contribution < 1.29 is 17.9 Å². The van der Waals surface area contributed by atoms with Gasteiger partial charge in [0, 0.05) is 5.69 Å². The molecule has 2 aromatic rings. The molecule has 0 fully saturated rings. The highest BCUT2D eigenvalue weighted by molar-refractivity contribution is 7.92. The first kappa shape index (κ1) is 21.1. The van der Waals surface area contributed by atoms with Gasteiger partial charge in [-0.3, -0.25) is 9.10 Å². The van der Waals surface area contributed by atoms with Crippen LogP contribution in [0.1, 0.15) is 19.4 Å². The van der Waals surface area contributed by atoms with Gasteiger partial charge in [0.25, 0.3) is 0 Å². The fourth-order valence-corrected chi connectivity index (χ4v) is 4.11. The third kappa shape index (κ3) is 5.14. The maximum atomic E-state index is 12.7. The lowest BCUT2D eigenvalue weighted by molar-refractivity contribution is -0.116. The summed E-state index contributed by atoms with van der Waals surface area (Å²) in [4.78, 5) is 12.7. The summed E-state index contributed by atoms with van der Waals surface area (Å²) in [6.45, 7) is 3.55. The number of hydrogen-bond donors (Lipinski definition) is 1. The van der Waals surface area contributed by atoms with Gasteiger partial charge in [0.15, 0.2) is 0 Å². The van der Waals surface area contributed by atoms with Gasteiger partial charge in [0.2, 0.25) is 15.9 Å². The highest BCUT2D eigenvalue weighted by Crippen LogP contribution is 2.28. The average Bonchev–Trinajstić information content (AvgIpc) is 2.61. The molecule has 0 saturated heterocycles. The Kier molecular flexibility index (Phi) is 6.73. The Bertz CT molecular complexity index is 914. The number of ether oxygens (including phenoxy) is 1. The smallest absolute Gasteiger partial charge is 0.247 e. The summed E-state index contributed by atoms with van der Waals surface area (Å²) in [6.07, 6.45) is 1.92. The van der Waals surface area contributed by atoms with E-state index in [1.54, 1.807) is 30.3 Å². The predicted octanol–water partition coefficient (Wildman–Crippen LogP) is 3.70. The second kappa shape index (κ2) is 8.63. The van der Waals surface area contributed by atoms with Crippen LogP contribution in [0.5, 0.6) is 5.75 Å². The summed E-state index contributed by atoms with van der Waals surface area (Å²) < 4.78 is 30.8. The summed E-state index contributed by atoms with van der Waals surface area (Å²) in [7, 11) is -2.17. The summed E-state index contributed by atoms with van der Waals surface area (Å²) in [5.41, 5.74) is 1.97. The highest BCUT2D eigenvalue weighted by atomic mass is 35.5. The Morgan fingerprint density at radius 3 is 2.33 bits per heavy atom. The number of nitrogens with one attached hydrogen (secondary N) is 1. The summed E-state index contributed by atoms with van der Waals surface area (Å²) in [5.74, 6) is 0.0118. The van der Waals surface area contributed by atoms with Crippen LogP contribution in [-0.2, 0) is 21.2 Å². The molecule has 8 heteroatoms. The lowest BCUT2D eigenvalue weighted by Crippen LogP contribution is -2.45. The molecule has 0 aliphatic heterocycles. The monoisotopic (exact) mass is 410 g/mol. The van der Waals surface area contributed by atoms with Crippen molar-refractivity contribution in [2.24, 2.45) is 0 Å². The van der Waals surface area contributed by atoms with Crippen LogP contribution >= 0.6 is 11.6 Å².